The molecule has 0 unspecified atom stereocenters. The Hall–Kier alpha value is -1.40. The molecule has 0 aliphatic heterocycles. The minimum atomic E-state index is 0.0622. The molecule has 1 aromatic heterocycles. The molecule has 16 heavy (non-hydrogen) atoms. The quantitative estimate of drug-likeness (QED) is 0.699. The number of aliphatic hydroxyl groups is 1. The number of aryl methyl sites for hydroxylation is 1. The predicted octanol–water partition coefficient (Wildman–Crippen LogP) is -0.188. The van der Waals surface area contributed by atoms with Gasteiger partial charge in [-0.25, -0.2) is 9.97 Å². The number of anilines is 2. The summed E-state index contributed by atoms with van der Waals surface area (Å²) in [4.78, 5) is 10.2. The highest BCUT2D eigenvalue weighted by Gasteiger charge is 2.08. The maximum atomic E-state index is 8.98. The van der Waals surface area contributed by atoms with Gasteiger partial charge in [0.05, 0.1) is 13.2 Å². The van der Waals surface area contributed by atoms with Gasteiger partial charge in [-0.1, -0.05) is 0 Å². The molecule has 1 aromatic rings. The second-order valence-electron chi connectivity index (χ2n) is 3.40. The Morgan fingerprint density at radius 2 is 2.19 bits per heavy atom. The number of methoxy groups -OCH3 is 1. The largest absolute Gasteiger partial charge is 0.395 e. The van der Waals surface area contributed by atoms with Crippen LogP contribution in [0.3, 0.4) is 0 Å². The van der Waals surface area contributed by atoms with E-state index in [4.69, 9.17) is 15.6 Å². The van der Waals surface area contributed by atoms with Gasteiger partial charge in [0.2, 0.25) is 0 Å². The van der Waals surface area contributed by atoms with Gasteiger partial charge in [0.15, 0.2) is 0 Å². The molecule has 0 amide bonds. The molecule has 0 spiro atoms. The summed E-state index contributed by atoms with van der Waals surface area (Å²) in [5, 5.41) is 8.98. The molecule has 0 fully saturated rings. The molecular weight excluding hydrogens is 208 g/mol. The van der Waals surface area contributed by atoms with Crippen LogP contribution in [-0.2, 0) is 4.74 Å². The highest BCUT2D eigenvalue weighted by molar-refractivity contribution is 5.46. The zero-order valence-electron chi connectivity index (χ0n) is 9.68. The van der Waals surface area contributed by atoms with E-state index in [1.54, 1.807) is 20.1 Å². The van der Waals surface area contributed by atoms with Crippen LogP contribution in [0.2, 0.25) is 0 Å². The third-order valence-electron chi connectivity index (χ3n) is 2.10. The number of hydrogen-bond donors (Lipinski definition) is 2. The van der Waals surface area contributed by atoms with Crippen LogP contribution in [0.15, 0.2) is 6.07 Å². The maximum absolute atomic E-state index is 8.98. The van der Waals surface area contributed by atoms with E-state index in [2.05, 4.69) is 9.97 Å². The van der Waals surface area contributed by atoms with Gasteiger partial charge in [-0.3, -0.25) is 0 Å². The van der Waals surface area contributed by atoms with Crippen molar-refractivity contribution in [2.45, 2.75) is 6.92 Å². The summed E-state index contributed by atoms with van der Waals surface area (Å²) in [6, 6.07) is 1.69. The Morgan fingerprint density at radius 1 is 1.44 bits per heavy atom. The molecule has 0 radical (unpaired) electrons. The van der Waals surface area contributed by atoms with Gasteiger partial charge in [-0.2, -0.15) is 0 Å². The summed E-state index contributed by atoms with van der Waals surface area (Å²) in [7, 11) is 1.64. The minimum absolute atomic E-state index is 0.0622. The summed E-state index contributed by atoms with van der Waals surface area (Å²) in [5.74, 6) is 1.77. The Morgan fingerprint density at radius 3 is 2.75 bits per heavy atom. The lowest BCUT2D eigenvalue weighted by Crippen LogP contribution is -2.31. The standard InChI is InChI=1S/C10H18N4O2/c1-8-12-9(11)7-10(13-8)14(3-5-15)4-6-16-2/h7,15H,3-6H2,1-2H3,(H2,11,12,13). The Bertz CT molecular complexity index is 312. The van der Waals surface area contributed by atoms with Crippen molar-refractivity contribution in [2.24, 2.45) is 0 Å². The van der Waals surface area contributed by atoms with Gasteiger partial charge >= 0.3 is 0 Å². The first kappa shape index (κ1) is 12.7. The molecule has 6 heteroatoms. The average molecular weight is 226 g/mol. The topological polar surface area (TPSA) is 84.5 Å². The van der Waals surface area contributed by atoms with Crippen LogP contribution in [0.4, 0.5) is 11.6 Å². The van der Waals surface area contributed by atoms with E-state index in [0.717, 1.165) is 5.82 Å². The third kappa shape index (κ3) is 3.63. The lowest BCUT2D eigenvalue weighted by molar-refractivity contribution is 0.202. The van der Waals surface area contributed by atoms with Gasteiger partial charge in [-0.15, -0.1) is 0 Å². The molecule has 0 aliphatic carbocycles. The van der Waals surface area contributed by atoms with Gasteiger partial charge < -0.3 is 20.5 Å². The summed E-state index contributed by atoms with van der Waals surface area (Å²) in [6.45, 7) is 3.58. The molecule has 90 valence electrons. The average Bonchev–Trinajstić information content (AvgIpc) is 2.22. The maximum Gasteiger partial charge on any atom is 0.134 e. The number of ether oxygens (including phenoxy) is 1. The smallest absolute Gasteiger partial charge is 0.134 e. The first-order valence-corrected chi connectivity index (χ1v) is 5.13. The van der Waals surface area contributed by atoms with E-state index >= 15 is 0 Å². The number of hydrogen-bond acceptors (Lipinski definition) is 6. The lowest BCUT2D eigenvalue weighted by atomic mass is 10.4. The molecule has 1 heterocycles. The fraction of sp³-hybridized carbons (Fsp3) is 0.600. The van der Waals surface area contributed by atoms with Crippen LogP contribution in [0.1, 0.15) is 5.82 Å². The number of nitrogens with two attached hydrogens (primary N) is 1. The predicted molar refractivity (Wildman–Crippen MR) is 62.4 cm³/mol. The van der Waals surface area contributed by atoms with E-state index in [0.29, 0.717) is 31.3 Å². The number of aliphatic hydroxyl groups excluding tert-OH is 1. The van der Waals surface area contributed by atoms with Crippen LogP contribution >= 0.6 is 0 Å². The molecule has 3 N–H and O–H groups in total. The van der Waals surface area contributed by atoms with Crippen molar-refractivity contribution in [1.29, 1.82) is 0 Å². The minimum Gasteiger partial charge on any atom is -0.395 e. The van der Waals surface area contributed by atoms with Crippen molar-refractivity contribution in [3.8, 4) is 0 Å². The first-order valence-electron chi connectivity index (χ1n) is 5.13. The fourth-order valence-electron chi connectivity index (χ4n) is 1.40. The van der Waals surface area contributed by atoms with Crippen LogP contribution < -0.4 is 10.6 Å². The molecule has 0 saturated heterocycles. The monoisotopic (exact) mass is 226 g/mol. The zero-order valence-corrected chi connectivity index (χ0v) is 9.68. The zero-order chi connectivity index (χ0) is 12.0. The summed E-state index contributed by atoms with van der Waals surface area (Å²) < 4.78 is 5.00. The van der Waals surface area contributed by atoms with E-state index in [-0.39, 0.29) is 6.61 Å². The van der Waals surface area contributed by atoms with Gasteiger partial charge in [0, 0.05) is 26.3 Å². The SMILES string of the molecule is COCCN(CCO)c1cc(N)nc(C)n1. The Kier molecular flexibility index (Phi) is 4.94. The number of rotatable bonds is 6. The van der Waals surface area contributed by atoms with Crippen molar-refractivity contribution in [2.75, 3.05) is 44.0 Å². The van der Waals surface area contributed by atoms with Crippen molar-refractivity contribution >= 4 is 11.6 Å². The van der Waals surface area contributed by atoms with Gasteiger partial charge in [-0.05, 0) is 6.92 Å². The van der Waals surface area contributed by atoms with Crippen LogP contribution in [0, 0.1) is 6.92 Å². The third-order valence-corrected chi connectivity index (χ3v) is 2.10. The van der Waals surface area contributed by atoms with E-state index < -0.39 is 0 Å². The number of nitrogen functional groups attached to an aromatic ring is 1. The second kappa shape index (κ2) is 6.24. The first-order chi connectivity index (χ1) is 7.67. The fourth-order valence-corrected chi connectivity index (χ4v) is 1.40. The summed E-state index contributed by atoms with van der Waals surface area (Å²) in [5.41, 5.74) is 5.65. The summed E-state index contributed by atoms with van der Waals surface area (Å²) >= 11 is 0. The van der Waals surface area contributed by atoms with Crippen LogP contribution in [-0.4, -0.2) is 48.5 Å². The molecule has 0 saturated carbocycles. The van der Waals surface area contributed by atoms with Crippen LogP contribution in [0.5, 0.6) is 0 Å². The summed E-state index contributed by atoms with van der Waals surface area (Å²) in [6.07, 6.45) is 0. The molecule has 0 aromatic carbocycles. The Labute approximate surface area is 95.1 Å². The second-order valence-corrected chi connectivity index (χ2v) is 3.40. The Balaban J connectivity index is 2.82. The van der Waals surface area contributed by atoms with Crippen molar-refractivity contribution in [3.63, 3.8) is 0 Å². The number of nitrogens with zero attached hydrogens (tertiary/aromatic N) is 3. The van der Waals surface area contributed by atoms with Crippen LogP contribution in [0.25, 0.3) is 0 Å². The normalized spacial score (nSPS) is 10.4. The molecule has 6 nitrogen and oxygen atoms in total. The molecule has 0 bridgehead atoms. The molecular formula is C10H18N4O2. The van der Waals surface area contributed by atoms with Crippen molar-refractivity contribution in [1.82, 2.24) is 9.97 Å². The van der Waals surface area contributed by atoms with Gasteiger partial charge in [0.1, 0.15) is 17.5 Å². The van der Waals surface area contributed by atoms with Gasteiger partial charge in [0.25, 0.3) is 0 Å². The molecule has 0 aliphatic rings. The highest BCUT2D eigenvalue weighted by Crippen LogP contribution is 2.13. The van der Waals surface area contributed by atoms with E-state index in [1.165, 1.54) is 0 Å². The van der Waals surface area contributed by atoms with E-state index in [1.807, 2.05) is 4.90 Å². The lowest BCUT2D eigenvalue weighted by Gasteiger charge is -2.22. The number of aromatic nitrogens is 2. The van der Waals surface area contributed by atoms with Crippen molar-refractivity contribution < 1.29 is 9.84 Å². The molecule has 1 rings (SSSR count). The van der Waals surface area contributed by atoms with Crippen molar-refractivity contribution in [3.05, 3.63) is 11.9 Å². The molecule has 0 atom stereocenters. The highest BCUT2D eigenvalue weighted by atomic mass is 16.5. The van der Waals surface area contributed by atoms with E-state index in [9.17, 15) is 0 Å².